The van der Waals surface area contributed by atoms with Crippen molar-refractivity contribution in [3.8, 4) is 11.8 Å². The standard InChI is InChI=1S/C18H18N2O4/c1-18(2)17(23)16(20-6-5-12(10-21)8-15(20)22)13-7-11(9-19)3-4-14(13)24-18/h3-8,16-17,21,23H,10H2,1-2H3. The highest BCUT2D eigenvalue weighted by molar-refractivity contribution is 5.46. The van der Waals surface area contributed by atoms with E-state index < -0.39 is 17.7 Å². The Bertz CT molecular complexity index is 879. The van der Waals surface area contributed by atoms with E-state index in [0.717, 1.165) is 0 Å². The molecule has 6 heteroatoms. The Balaban J connectivity index is 2.22. The predicted octanol–water partition coefficient (Wildman–Crippen LogP) is 1.33. The Kier molecular flexibility index (Phi) is 3.91. The lowest BCUT2D eigenvalue weighted by molar-refractivity contribution is -0.0643. The van der Waals surface area contributed by atoms with E-state index in [-0.39, 0.29) is 12.2 Å². The number of benzene rings is 1. The largest absolute Gasteiger partial charge is 0.485 e. The third-order valence-corrected chi connectivity index (χ3v) is 4.34. The first-order valence-corrected chi connectivity index (χ1v) is 7.60. The van der Waals surface area contributed by atoms with Crippen molar-refractivity contribution in [2.24, 2.45) is 0 Å². The van der Waals surface area contributed by atoms with E-state index >= 15 is 0 Å². The minimum absolute atomic E-state index is 0.229. The number of aromatic nitrogens is 1. The van der Waals surface area contributed by atoms with Crippen molar-refractivity contribution in [2.45, 2.75) is 38.2 Å². The molecule has 0 saturated heterocycles. The molecule has 0 saturated carbocycles. The number of rotatable bonds is 2. The first kappa shape index (κ1) is 16.2. The van der Waals surface area contributed by atoms with Crippen LogP contribution in [-0.4, -0.2) is 26.5 Å². The molecule has 0 bridgehead atoms. The van der Waals surface area contributed by atoms with E-state index in [0.29, 0.717) is 22.4 Å². The first-order chi connectivity index (χ1) is 11.4. The molecule has 2 aromatic rings. The zero-order chi connectivity index (χ0) is 17.5. The second-order valence-electron chi connectivity index (χ2n) is 6.40. The number of aliphatic hydroxyl groups is 2. The summed E-state index contributed by atoms with van der Waals surface area (Å²) in [6.45, 7) is 3.27. The van der Waals surface area contributed by atoms with Gasteiger partial charge in [-0.15, -0.1) is 0 Å². The van der Waals surface area contributed by atoms with Crippen LogP contribution < -0.4 is 10.3 Å². The van der Waals surface area contributed by atoms with Crippen molar-refractivity contribution in [1.29, 1.82) is 5.26 Å². The maximum atomic E-state index is 12.5. The van der Waals surface area contributed by atoms with Crippen molar-refractivity contribution >= 4 is 0 Å². The Labute approximate surface area is 139 Å². The Hall–Kier alpha value is -2.62. The van der Waals surface area contributed by atoms with Crippen LogP contribution in [0.4, 0.5) is 0 Å². The van der Waals surface area contributed by atoms with E-state index in [1.165, 1.54) is 10.6 Å². The van der Waals surface area contributed by atoms with Gasteiger partial charge < -0.3 is 19.5 Å². The van der Waals surface area contributed by atoms with Crippen LogP contribution in [0, 0.1) is 11.3 Å². The van der Waals surface area contributed by atoms with Gasteiger partial charge in [-0.3, -0.25) is 4.79 Å². The number of nitrogens with zero attached hydrogens (tertiary/aromatic N) is 2. The average molecular weight is 326 g/mol. The highest BCUT2D eigenvalue weighted by Gasteiger charge is 2.44. The maximum Gasteiger partial charge on any atom is 0.251 e. The van der Waals surface area contributed by atoms with Crippen LogP contribution in [-0.2, 0) is 6.61 Å². The molecule has 0 fully saturated rings. The first-order valence-electron chi connectivity index (χ1n) is 7.60. The van der Waals surface area contributed by atoms with Gasteiger partial charge in [-0.25, -0.2) is 0 Å². The highest BCUT2D eigenvalue weighted by Crippen LogP contribution is 2.41. The van der Waals surface area contributed by atoms with Gasteiger partial charge in [-0.05, 0) is 43.7 Å². The minimum atomic E-state index is -0.989. The van der Waals surface area contributed by atoms with Gasteiger partial charge in [0.05, 0.1) is 24.3 Å². The number of hydrogen-bond donors (Lipinski definition) is 2. The van der Waals surface area contributed by atoms with Gasteiger partial charge in [0.1, 0.15) is 17.5 Å². The summed E-state index contributed by atoms with van der Waals surface area (Å²) in [5.41, 5.74) is 0.273. The molecule has 1 aliphatic heterocycles. The normalized spacial score (nSPS) is 21.5. The molecular formula is C18H18N2O4. The fourth-order valence-corrected chi connectivity index (χ4v) is 3.00. The van der Waals surface area contributed by atoms with E-state index in [4.69, 9.17) is 10.00 Å². The Morgan fingerprint density at radius 3 is 2.71 bits per heavy atom. The number of pyridine rings is 1. The van der Waals surface area contributed by atoms with Gasteiger partial charge in [0.25, 0.3) is 5.56 Å². The van der Waals surface area contributed by atoms with Gasteiger partial charge >= 0.3 is 0 Å². The molecule has 2 N–H and O–H groups in total. The molecule has 0 radical (unpaired) electrons. The third kappa shape index (κ3) is 2.58. The SMILES string of the molecule is CC1(C)Oc2ccc(C#N)cc2C(n2ccc(CO)cc2=O)C1O. The summed E-state index contributed by atoms with van der Waals surface area (Å²) < 4.78 is 7.26. The summed E-state index contributed by atoms with van der Waals surface area (Å²) >= 11 is 0. The lowest BCUT2D eigenvalue weighted by Crippen LogP contribution is -2.52. The van der Waals surface area contributed by atoms with Gasteiger partial charge in [0, 0.05) is 17.8 Å². The summed E-state index contributed by atoms with van der Waals surface area (Å²) in [7, 11) is 0. The smallest absolute Gasteiger partial charge is 0.251 e. The van der Waals surface area contributed by atoms with Crippen LogP contribution in [0.25, 0.3) is 0 Å². The lowest BCUT2D eigenvalue weighted by Gasteiger charge is -2.42. The molecule has 3 rings (SSSR count). The van der Waals surface area contributed by atoms with Crippen molar-refractivity contribution in [2.75, 3.05) is 0 Å². The molecule has 124 valence electrons. The molecule has 1 aromatic carbocycles. The van der Waals surface area contributed by atoms with Crippen LogP contribution >= 0.6 is 0 Å². The van der Waals surface area contributed by atoms with Crippen LogP contribution in [0.3, 0.4) is 0 Å². The van der Waals surface area contributed by atoms with Crippen molar-refractivity contribution < 1.29 is 14.9 Å². The predicted molar refractivity (Wildman–Crippen MR) is 86.6 cm³/mol. The maximum absolute atomic E-state index is 12.5. The summed E-state index contributed by atoms with van der Waals surface area (Å²) in [5.74, 6) is 0.535. The molecule has 1 aromatic heterocycles. The van der Waals surface area contributed by atoms with Gasteiger partial charge in [0.15, 0.2) is 0 Å². The number of fused-ring (bicyclic) bond motifs is 1. The summed E-state index contributed by atoms with van der Waals surface area (Å²) in [4.78, 5) is 12.5. The summed E-state index contributed by atoms with van der Waals surface area (Å²) in [6, 6.07) is 9.29. The quantitative estimate of drug-likeness (QED) is 0.868. The minimum Gasteiger partial charge on any atom is -0.485 e. The Morgan fingerprint density at radius 2 is 2.08 bits per heavy atom. The number of hydrogen-bond acceptors (Lipinski definition) is 5. The third-order valence-electron chi connectivity index (χ3n) is 4.34. The average Bonchev–Trinajstić information content (AvgIpc) is 2.56. The zero-order valence-electron chi connectivity index (χ0n) is 13.4. The molecule has 6 nitrogen and oxygen atoms in total. The monoisotopic (exact) mass is 326 g/mol. The molecule has 2 atom stereocenters. The van der Waals surface area contributed by atoms with Gasteiger partial charge in [-0.1, -0.05) is 0 Å². The van der Waals surface area contributed by atoms with Crippen LogP contribution in [0.15, 0.2) is 41.3 Å². The van der Waals surface area contributed by atoms with Crippen LogP contribution in [0.2, 0.25) is 0 Å². The number of aliphatic hydroxyl groups excluding tert-OH is 2. The number of ether oxygens (including phenoxy) is 1. The van der Waals surface area contributed by atoms with E-state index in [1.807, 2.05) is 0 Å². The fraction of sp³-hybridized carbons (Fsp3) is 0.333. The van der Waals surface area contributed by atoms with E-state index in [9.17, 15) is 15.0 Å². The number of nitriles is 1. The lowest BCUT2D eigenvalue weighted by atomic mass is 9.85. The topological polar surface area (TPSA) is 95.5 Å². The fourth-order valence-electron chi connectivity index (χ4n) is 3.00. The van der Waals surface area contributed by atoms with Crippen molar-refractivity contribution in [3.63, 3.8) is 0 Å². The zero-order valence-corrected chi connectivity index (χ0v) is 13.4. The molecule has 2 unspecified atom stereocenters. The van der Waals surface area contributed by atoms with Crippen LogP contribution in [0.5, 0.6) is 5.75 Å². The molecule has 1 aliphatic rings. The van der Waals surface area contributed by atoms with Crippen molar-refractivity contribution in [1.82, 2.24) is 4.57 Å². The highest BCUT2D eigenvalue weighted by atomic mass is 16.5. The van der Waals surface area contributed by atoms with Gasteiger partial charge in [0.2, 0.25) is 0 Å². The van der Waals surface area contributed by atoms with E-state index in [1.54, 1.807) is 44.3 Å². The molecule has 24 heavy (non-hydrogen) atoms. The summed E-state index contributed by atoms with van der Waals surface area (Å²) in [5, 5.41) is 29.1. The Morgan fingerprint density at radius 1 is 1.33 bits per heavy atom. The van der Waals surface area contributed by atoms with Crippen molar-refractivity contribution in [3.05, 3.63) is 63.6 Å². The van der Waals surface area contributed by atoms with E-state index in [2.05, 4.69) is 6.07 Å². The molecule has 0 spiro atoms. The second kappa shape index (κ2) is 5.78. The summed E-state index contributed by atoms with van der Waals surface area (Å²) in [6.07, 6.45) is 0.558. The van der Waals surface area contributed by atoms with Crippen LogP contribution in [0.1, 0.15) is 36.6 Å². The molecule has 2 heterocycles. The van der Waals surface area contributed by atoms with Gasteiger partial charge in [-0.2, -0.15) is 5.26 Å². The second-order valence-corrected chi connectivity index (χ2v) is 6.40. The molecule has 0 amide bonds. The molecular weight excluding hydrogens is 308 g/mol. The molecule has 0 aliphatic carbocycles.